The van der Waals surface area contributed by atoms with Crippen molar-refractivity contribution in [2.45, 2.75) is 33.6 Å². The molecular weight excluding hydrogens is 268 g/mol. The number of hydrogen-bond acceptors (Lipinski definition) is 1. The van der Waals surface area contributed by atoms with Crippen LogP contribution in [0.15, 0.2) is 29.6 Å². The number of halogens is 1. The molecule has 1 aromatic heterocycles. The molecule has 84 valence electrons. The van der Waals surface area contributed by atoms with Crippen molar-refractivity contribution in [1.29, 1.82) is 0 Å². The standard InChI is InChI=1S/C13H18S.BrH/c1-10(2)13-12(4)11(3)8-6-5-7-9-14-13;/h5-10H,1-4H3;1H. The van der Waals surface area contributed by atoms with Crippen LogP contribution in [-0.4, -0.2) is 0 Å². The molecule has 0 saturated carbocycles. The summed E-state index contributed by atoms with van der Waals surface area (Å²) in [6.45, 7) is 8.88. The predicted octanol–water partition coefficient (Wildman–Crippen LogP) is 5.19. The molecule has 2 heteroatoms. The molecule has 1 rings (SSSR count). The van der Waals surface area contributed by atoms with Crippen molar-refractivity contribution in [1.82, 2.24) is 0 Å². The molecule has 0 amide bonds. The van der Waals surface area contributed by atoms with Crippen LogP contribution in [0, 0.1) is 13.8 Å². The molecular formula is C13H19BrS. The Morgan fingerprint density at radius 2 is 1.73 bits per heavy atom. The van der Waals surface area contributed by atoms with Crippen LogP contribution >= 0.6 is 28.3 Å². The molecule has 0 aromatic carbocycles. The normalized spacial score (nSPS) is 9.40. The van der Waals surface area contributed by atoms with Gasteiger partial charge in [0, 0.05) is 4.88 Å². The first kappa shape index (κ1) is 14.7. The van der Waals surface area contributed by atoms with E-state index < -0.39 is 0 Å². The fourth-order valence-corrected chi connectivity index (χ4v) is 2.32. The molecule has 0 fully saturated rings. The van der Waals surface area contributed by atoms with Gasteiger partial charge in [-0.3, -0.25) is 0 Å². The van der Waals surface area contributed by atoms with Gasteiger partial charge in [-0.25, -0.2) is 0 Å². The van der Waals surface area contributed by atoms with Crippen molar-refractivity contribution >= 4 is 28.3 Å². The lowest BCUT2D eigenvalue weighted by Gasteiger charge is -2.07. The minimum Gasteiger partial charge on any atom is -0.148 e. The van der Waals surface area contributed by atoms with Crippen molar-refractivity contribution < 1.29 is 0 Å². The highest BCUT2D eigenvalue weighted by Crippen LogP contribution is 2.23. The quantitative estimate of drug-likeness (QED) is 0.666. The molecule has 0 radical (unpaired) electrons. The molecule has 0 aliphatic rings. The zero-order chi connectivity index (χ0) is 10.6. The van der Waals surface area contributed by atoms with Crippen LogP contribution in [0.2, 0.25) is 0 Å². The number of aryl methyl sites for hydroxylation is 1. The SMILES string of the molecule is Br.Cc1cccccsc(C(C)C)c1C. The maximum atomic E-state index is 2.25. The van der Waals surface area contributed by atoms with Crippen molar-refractivity contribution in [2.24, 2.45) is 0 Å². The van der Waals surface area contributed by atoms with E-state index in [1.54, 1.807) is 0 Å². The lowest BCUT2D eigenvalue weighted by atomic mass is 10.1. The summed E-state index contributed by atoms with van der Waals surface area (Å²) < 4.78 is 0. The van der Waals surface area contributed by atoms with Gasteiger partial charge < -0.3 is 0 Å². The summed E-state index contributed by atoms with van der Waals surface area (Å²) in [5.41, 5.74) is 2.78. The van der Waals surface area contributed by atoms with Crippen LogP contribution in [0.3, 0.4) is 0 Å². The minimum atomic E-state index is 0. The second kappa shape index (κ2) is 7.02. The summed E-state index contributed by atoms with van der Waals surface area (Å²) in [7, 11) is 0. The smallest absolute Gasteiger partial charge is 0.0102 e. The Morgan fingerprint density at radius 1 is 1.07 bits per heavy atom. The van der Waals surface area contributed by atoms with Crippen LogP contribution in [0.1, 0.15) is 35.8 Å². The molecule has 15 heavy (non-hydrogen) atoms. The lowest BCUT2D eigenvalue weighted by Crippen LogP contribution is -1.88. The van der Waals surface area contributed by atoms with Gasteiger partial charge in [0.2, 0.25) is 0 Å². The van der Waals surface area contributed by atoms with Crippen molar-refractivity contribution in [3.8, 4) is 0 Å². The third kappa shape index (κ3) is 4.35. The molecule has 0 spiro atoms. The van der Waals surface area contributed by atoms with Crippen LogP contribution in [0.25, 0.3) is 0 Å². The van der Waals surface area contributed by atoms with E-state index in [2.05, 4.69) is 57.3 Å². The first-order valence-corrected chi connectivity index (χ1v) is 5.88. The van der Waals surface area contributed by atoms with Gasteiger partial charge in [0.15, 0.2) is 0 Å². The van der Waals surface area contributed by atoms with E-state index in [1.165, 1.54) is 16.0 Å². The lowest BCUT2D eigenvalue weighted by molar-refractivity contribution is 0.877. The fraction of sp³-hybridized carbons (Fsp3) is 0.385. The average molecular weight is 287 g/mol. The van der Waals surface area contributed by atoms with E-state index in [1.807, 2.05) is 11.3 Å². The van der Waals surface area contributed by atoms with Gasteiger partial charge in [0.25, 0.3) is 0 Å². The second-order valence-electron chi connectivity index (χ2n) is 3.82. The third-order valence-corrected chi connectivity index (χ3v) is 3.65. The third-order valence-electron chi connectivity index (χ3n) is 2.33. The van der Waals surface area contributed by atoms with E-state index in [0.29, 0.717) is 5.92 Å². The van der Waals surface area contributed by atoms with Gasteiger partial charge >= 0.3 is 0 Å². The molecule has 0 aliphatic carbocycles. The first-order valence-electron chi connectivity index (χ1n) is 5.01. The summed E-state index contributed by atoms with van der Waals surface area (Å²) in [4.78, 5) is 1.47. The molecule has 0 atom stereocenters. The molecule has 0 saturated heterocycles. The summed E-state index contributed by atoms with van der Waals surface area (Å²) in [6, 6.07) is 8.44. The van der Waals surface area contributed by atoms with E-state index in [4.69, 9.17) is 0 Å². The molecule has 0 bridgehead atoms. The van der Waals surface area contributed by atoms with Gasteiger partial charge in [-0.05, 0) is 36.3 Å². The maximum absolute atomic E-state index is 2.25. The summed E-state index contributed by atoms with van der Waals surface area (Å²) in [5.74, 6) is 0.603. The molecule has 0 unspecified atom stereocenters. The van der Waals surface area contributed by atoms with Crippen LogP contribution in [-0.2, 0) is 0 Å². The maximum Gasteiger partial charge on any atom is 0.0102 e. The summed E-state index contributed by atoms with van der Waals surface area (Å²) in [5, 5.41) is 2.15. The second-order valence-corrected chi connectivity index (χ2v) is 4.77. The van der Waals surface area contributed by atoms with Gasteiger partial charge in [-0.15, -0.1) is 28.3 Å². The van der Waals surface area contributed by atoms with Crippen LogP contribution in [0.4, 0.5) is 0 Å². The van der Waals surface area contributed by atoms with E-state index in [9.17, 15) is 0 Å². The first-order chi connectivity index (χ1) is 6.63. The van der Waals surface area contributed by atoms with E-state index in [-0.39, 0.29) is 17.0 Å². The Balaban J connectivity index is 0.00000196. The zero-order valence-electron chi connectivity index (χ0n) is 9.78. The Morgan fingerprint density at radius 3 is 2.33 bits per heavy atom. The predicted molar refractivity (Wildman–Crippen MR) is 75.8 cm³/mol. The highest BCUT2D eigenvalue weighted by Gasteiger charge is 2.02. The topological polar surface area (TPSA) is 0 Å². The highest BCUT2D eigenvalue weighted by atomic mass is 79.9. The molecule has 1 aromatic rings. The summed E-state index contributed by atoms with van der Waals surface area (Å²) in [6.07, 6.45) is 0. The monoisotopic (exact) mass is 286 g/mol. The van der Waals surface area contributed by atoms with Gasteiger partial charge in [-0.2, -0.15) is 0 Å². The highest BCUT2D eigenvalue weighted by molar-refractivity contribution is 8.93. The Bertz CT molecular complexity index is 352. The van der Waals surface area contributed by atoms with E-state index >= 15 is 0 Å². The van der Waals surface area contributed by atoms with Gasteiger partial charge in [-0.1, -0.05) is 38.1 Å². The Labute approximate surface area is 107 Å². The number of rotatable bonds is 1. The van der Waals surface area contributed by atoms with E-state index in [0.717, 1.165) is 0 Å². The number of hydrogen-bond donors (Lipinski definition) is 0. The Kier molecular flexibility index (Phi) is 6.86. The Hall–Kier alpha value is -0.340. The van der Waals surface area contributed by atoms with Crippen molar-refractivity contribution in [3.05, 3.63) is 45.6 Å². The molecule has 0 nitrogen and oxygen atoms in total. The molecule has 0 aliphatic heterocycles. The minimum absolute atomic E-state index is 0. The zero-order valence-corrected chi connectivity index (χ0v) is 12.3. The van der Waals surface area contributed by atoms with Crippen LogP contribution < -0.4 is 0 Å². The molecule has 0 N–H and O–H groups in total. The van der Waals surface area contributed by atoms with Crippen molar-refractivity contribution in [2.75, 3.05) is 0 Å². The van der Waals surface area contributed by atoms with Gasteiger partial charge in [0.05, 0.1) is 0 Å². The molecule has 1 heterocycles. The summed E-state index contributed by atoms with van der Waals surface area (Å²) >= 11 is 1.84. The largest absolute Gasteiger partial charge is 0.148 e. The van der Waals surface area contributed by atoms with Crippen molar-refractivity contribution in [3.63, 3.8) is 0 Å². The average Bonchev–Trinajstić information content (AvgIpc) is 2.20. The fourth-order valence-electron chi connectivity index (χ4n) is 1.40. The van der Waals surface area contributed by atoms with Gasteiger partial charge in [0.1, 0.15) is 0 Å². The van der Waals surface area contributed by atoms with Crippen LogP contribution in [0.5, 0.6) is 0 Å².